The summed E-state index contributed by atoms with van der Waals surface area (Å²) in [7, 11) is 1.99. The minimum atomic E-state index is 0.231. The van der Waals surface area contributed by atoms with E-state index in [2.05, 4.69) is 70.3 Å². The van der Waals surface area contributed by atoms with Gasteiger partial charge in [-0.2, -0.15) is 5.10 Å². The van der Waals surface area contributed by atoms with E-state index in [9.17, 15) is 0 Å². The van der Waals surface area contributed by atoms with Gasteiger partial charge in [0.2, 0.25) is 0 Å². The van der Waals surface area contributed by atoms with Crippen molar-refractivity contribution in [1.82, 2.24) is 20.1 Å². The van der Waals surface area contributed by atoms with E-state index < -0.39 is 0 Å². The summed E-state index contributed by atoms with van der Waals surface area (Å²) in [6.45, 7) is 6.38. The Labute approximate surface area is 128 Å². The lowest BCUT2D eigenvalue weighted by Gasteiger charge is -2.20. The predicted octanol–water partition coefficient (Wildman–Crippen LogP) is 3.43. The Morgan fingerprint density at radius 3 is 2.75 bits per heavy atom. The molecule has 0 amide bonds. The van der Waals surface area contributed by atoms with Gasteiger partial charge in [-0.15, -0.1) is 0 Å². The molecule has 5 heteroatoms. The van der Waals surface area contributed by atoms with Crippen LogP contribution in [0.25, 0.3) is 0 Å². The summed E-state index contributed by atoms with van der Waals surface area (Å²) in [5.41, 5.74) is 2.56. The van der Waals surface area contributed by atoms with Crippen LogP contribution in [0.15, 0.2) is 29.0 Å². The Hall–Kier alpha value is -1.20. The summed E-state index contributed by atoms with van der Waals surface area (Å²) < 4.78 is 3.12. The standard InChI is InChI=1S/C15H21BrN4/c1-10(2)20-15(18-9-19-20)8-14(17-4)12-6-5-7-13(16)11(12)3/h5-7,9-10,14,17H,8H2,1-4H3. The highest BCUT2D eigenvalue weighted by molar-refractivity contribution is 9.10. The third kappa shape index (κ3) is 3.10. The average Bonchev–Trinajstić information content (AvgIpc) is 2.88. The molecule has 108 valence electrons. The van der Waals surface area contributed by atoms with Gasteiger partial charge in [-0.1, -0.05) is 28.1 Å². The molecule has 0 aliphatic heterocycles. The van der Waals surface area contributed by atoms with Crippen molar-refractivity contribution in [1.29, 1.82) is 0 Å². The highest BCUT2D eigenvalue weighted by atomic mass is 79.9. The zero-order chi connectivity index (χ0) is 14.7. The van der Waals surface area contributed by atoms with Crippen LogP contribution in [0.2, 0.25) is 0 Å². The van der Waals surface area contributed by atoms with Crippen molar-refractivity contribution in [3.63, 3.8) is 0 Å². The first-order valence-electron chi connectivity index (χ1n) is 6.85. The van der Waals surface area contributed by atoms with E-state index in [0.717, 1.165) is 16.7 Å². The first-order valence-corrected chi connectivity index (χ1v) is 7.64. The zero-order valence-corrected chi connectivity index (χ0v) is 14.0. The fourth-order valence-corrected chi connectivity index (χ4v) is 2.78. The van der Waals surface area contributed by atoms with Crippen molar-refractivity contribution in [2.24, 2.45) is 0 Å². The zero-order valence-electron chi connectivity index (χ0n) is 12.4. The van der Waals surface area contributed by atoms with Crippen molar-refractivity contribution in [3.8, 4) is 0 Å². The van der Waals surface area contributed by atoms with Crippen LogP contribution in [-0.4, -0.2) is 21.8 Å². The molecule has 0 fully saturated rings. The van der Waals surface area contributed by atoms with Gasteiger partial charge in [0.25, 0.3) is 0 Å². The van der Waals surface area contributed by atoms with Gasteiger partial charge < -0.3 is 5.32 Å². The number of rotatable bonds is 5. The van der Waals surface area contributed by atoms with Crippen LogP contribution >= 0.6 is 15.9 Å². The largest absolute Gasteiger partial charge is 0.313 e. The van der Waals surface area contributed by atoms with Crippen molar-refractivity contribution >= 4 is 15.9 Å². The topological polar surface area (TPSA) is 42.7 Å². The van der Waals surface area contributed by atoms with E-state index in [1.54, 1.807) is 6.33 Å². The maximum atomic E-state index is 4.40. The summed E-state index contributed by atoms with van der Waals surface area (Å²) >= 11 is 3.60. The van der Waals surface area contributed by atoms with E-state index in [-0.39, 0.29) is 6.04 Å². The molecule has 2 aromatic rings. The second-order valence-electron chi connectivity index (χ2n) is 5.21. The summed E-state index contributed by atoms with van der Waals surface area (Å²) in [5.74, 6) is 1.01. The summed E-state index contributed by atoms with van der Waals surface area (Å²) in [6, 6.07) is 6.87. The molecule has 1 N–H and O–H groups in total. The molecule has 0 aliphatic rings. The van der Waals surface area contributed by atoms with Gasteiger partial charge in [0.15, 0.2) is 0 Å². The molecule has 0 aliphatic carbocycles. The lowest BCUT2D eigenvalue weighted by Crippen LogP contribution is -2.22. The molecule has 1 aromatic carbocycles. The lowest BCUT2D eigenvalue weighted by molar-refractivity contribution is 0.477. The highest BCUT2D eigenvalue weighted by Gasteiger charge is 2.17. The van der Waals surface area contributed by atoms with E-state index >= 15 is 0 Å². The first kappa shape index (κ1) is 15.2. The summed E-state index contributed by atoms with van der Waals surface area (Å²) in [4.78, 5) is 4.40. The molecule has 0 saturated carbocycles. The normalized spacial score (nSPS) is 12.9. The Morgan fingerprint density at radius 2 is 2.10 bits per heavy atom. The first-order chi connectivity index (χ1) is 9.54. The lowest BCUT2D eigenvalue weighted by atomic mass is 9.98. The van der Waals surface area contributed by atoms with Gasteiger partial charge in [-0.3, -0.25) is 0 Å². The Balaban J connectivity index is 2.29. The van der Waals surface area contributed by atoms with Gasteiger partial charge in [0, 0.05) is 23.0 Å². The predicted molar refractivity (Wildman–Crippen MR) is 84.8 cm³/mol. The SMILES string of the molecule is CNC(Cc1ncnn1C(C)C)c1cccc(Br)c1C. The van der Waals surface area contributed by atoms with Crippen LogP contribution in [-0.2, 0) is 6.42 Å². The smallest absolute Gasteiger partial charge is 0.138 e. The molecule has 20 heavy (non-hydrogen) atoms. The Bertz CT molecular complexity index is 577. The summed E-state index contributed by atoms with van der Waals surface area (Å²) in [5, 5.41) is 7.69. The number of benzene rings is 1. The van der Waals surface area contributed by atoms with Crippen LogP contribution in [0.3, 0.4) is 0 Å². The number of hydrogen-bond donors (Lipinski definition) is 1. The number of hydrogen-bond acceptors (Lipinski definition) is 3. The number of aromatic nitrogens is 3. The fraction of sp³-hybridized carbons (Fsp3) is 0.467. The quantitative estimate of drug-likeness (QED) is 0.909. The third-order valence-electron chi connectivity index (χ3n) is 3.56. The monoisotopic (exact) mass is 336 g/mol. The Morgan fingerprint density at radius 1 is 1.35 bits per heavy atom. The van der Waals surface area contributed by atoms with Crippen molar-refractivity contribution in [2.45, 2.75) is 39.3 Å². The Kier molecular flexibility index (Phi) is 4.94. The highest BCUT2D eigenvalue weighted by Crippen LogP contribution is 2.26. The molecule has 0 spiro atoms. The molecule has 2 rings (SSSR count). The third-order valence-corrected chi connectivity index (χ3v) is 4.42. The fourth-order valence-electron chi connectivity index (χ4n) is 2.40. The number of halogens is 1. The van der Waals surface area contributed by atoms with Crippen LogP contribution in [0.5, 0.6) is 0 Å². The van der Waals surface area contributed by atoms with E-state index in [0.29, 0.717) is 6.04 Å². The second-order valence-corrected chi connectivity index (χ2v) is 6.07. The van der Waals surface area contributed by atoms with Crippen molar-refractivity contribution < 1.29 is 0 Å². The van der Waals surface area contributed by atoms with Crippen LogP contribution in [0.1, 0.15) is 42.9 Å². The van der Waals surface area contributed by atoms with Gasteiger partial charge in [-0.05, 0) is 45.0 Å². The number of nitrogens with zero attached hydrogens (tertiary/aromatic N) is 3. The van der Waals surface area contributed by atoms with Crippen LogP contribution in [0.4, 0.5) is 0 Å². The molecular weight excluding hydrogens is 316 g/mol. The molecule has 4 nitrogen and oxygen atoms in total. The molecule has 1 unspecified atom stereocenters. The van der Waals surface area contributed by atoms with E-state index in [4.69, 9.17) is 0 Å². The van der Waals surface area contributed by atoms with Crippen LogP contribution < -0.4 is 5.32 Å². The van der Waals surface area contributed by atoms with E-state index in [1.807, 2.05) is 11.7 Å². The van der Waals surface area contributed by atoms with Crippen molar-refractivity contribution in [2.75, 3.05) is 7.05 Å². The minimum absolute atomic E-state index is 0.231. The molecule has 0 saturated heterocycles. The minimum Gasteiger partial charge on any atom is -0.313 e. The molecule has 1 heterocycles. The van der Waals surface area contributed by atoms with Gasteiger partial charge >= 0.3 is 0 Å². The number of likely N-dealkylation sites (N-methyl/N-ethyl adjacent to an activating group) is 1. The van der Waals surface area contributed by atoms with E-state index in [1.165, 1.54) is 11.1 Å². The van der Waals surface area contributed by atoms with Gasteiger partial charge in [-0.25, -0.2) is 9.67 Å². The molecule has 1 aromatic heterocycles. The average molecular weight is 337 g/mol. The molecule has 0 radical (unpaired) electrons. The van der Waals surface area contributed by atoms with Gasteiger partial charge in [0.05, 0.1) is 0 Å². The second kappa shape index (κ2) is 6.50. The molecular formula is C15H21BrN4. The number of nitrogens with one attached hydrogen (secondary N) is 1. The van der Waals surface area contributed by atoms with Crippen molar-refractivity contribution in [3.05, 3.63) is 46.0 Å². The molecule has 1 atom stereocenters. The van der Waals surface area contributed by atoms with Crippen LogP contribution in [0, 0.1) is 6.92 Å². The maximum Gasteiger partial charge on any atom is 0.138 e. The van der Waals surface area contributed by atoms with Gasteiger partial charge in [0.1, 0.15) is 12.2 Å². The molecule has 0 bridgehead atoms. The summed E-state index contributed by atoms with van der Waals surface area (Å²) in [6.07, 6.45) is 2.46. The maximum absolute atomic E-state index is 4.40.